The summed E-state index contributed by atoms with van der Waals surface area (Å²) in [6.45, 7) is 5.74. The fourth-order valence-electron chi connectivity index (χ4n) is 1.43. The van der Waals surface area contributed by atoms with Gasteiger partial charge in [-0.05, 0) is 18.6 Å². The van der Waals surface area contributed by atoms with Crippen molar-refractivity contribution in [1.29, 1.82) is 0 Å². The summed E-state index contributed by atoms with van der Waals surface area (Å²) in [5, 5.41) is 12.3. The van der Waals surface area contributed by atoms with Crippen molar-refractivity contribution >= 4 is 11.4 Å². The number of nitro benzene ring substituents is 1. The fourth-order valence-corrected chi connectivity index (χ4v) is 1.43. The van der Waals surface area contributed by atoms with E-state index in [0.29, 0.717) is 5.69 Å². The molecule has 0 saturated heterocycles. The Labute approximate surface area is 92.8 Å². The van der Waals surface area contributed by atoms with Crippen molar-refractivity contribution in [3.8, 4) is 0 Å². The summed E-state index contributed by atoms with van der Waals surface area (Å²) >= 11 is 0. The molecule has 1 aliphatic rings. The van der Waals surface area contributed by atoms with Gasteiger partial charge in [0.2, 0.25) is 0 Å². The topological polar surface area (TPSA) is 58.4 Å². The van der Waals surface area contributed by atoms with Gasteiger partial charge in [-0.3, -0.25) is 20.5 Å². The van der Waals surface area contributed by atoms with E-state index in [-0.39, 0.29) is 5.69 Å². The Morgan fingerprint density at radius 3 is 2.81 bits per heavy atom. The third-order valence-corrected chi connectivity index (χ3v) is 2.37. The number of hydrogen-bond donors (Lipinski definition) is 1. The third-order valence-electron chi connectivity index (χ3n) is 2.37. The van der Waals surface area contributed by atoms with Gasteiger partial charge in [0.15, 0.2) is 0 Å². The van der Waals surface area contributed by atoms with E-state index >= 15 is 0 Å². The summed E-state index contributed by atoms with van der Waals surface area (Å²) in [4.78, 5) is 10.2. The van der Waals surface area contributed by atoms with Gasteiger partial charge in [0, 0.05) is 18.3 Å². The monoisotopic (exact) mass is 217 g/mol. The first kappa shape index (κ1) is 10.2. The molecule has 0 atom stereocenters. The highest BCUT2D eigenvalue weighted by molar-refractivity contribution is 5.58. The smallest absolute Gasteiger partial charge is 0.271 e. The second-order valence-electron chi connectivity index (χ2n) is 3.55. The van der Waals surface area contributed by atoms with E-state index in [2.05, 4.69) is 12.0 Å². The molecular weight excluding hydrogens is 206 g/mol. The maximum absolute atomic E-state index is 10.6. The normalized spacial score (nSPS) is 14.7. The molecule has 0 aromatic heterocycles. The lowest BCUT2D eigenvalue weighted by atomic mass is 10.2. The maximum atomic E-state index is 10.6. The third kappa shape index (κ3) is 1.75. The number of allylic oxidation sites excluding steroid dienone is 1. The zero-order valence-corrected chi connectivity index (χ0v) is 8.80. The van der Waals surface area contributed by atoms with Gasteiger partial charge in [-0.15, -0.1) is 0 Å². The standard InChI is InChI=1S/C11H11N3O2/c1-8-7-13(12-9(8)2)10-4-3-5-11(6-10)14(15)16/h3-7,12H,2H2,1H3. The molecule has 0 spiro atoms. The van der Waals surface area contributed by atoms with E-state index in [9.17, 15) is 10.1 Å². The molecule has 1 N–H and O–H groups in total. The van der Waals surface area contributed by atoms with Gasteiger partial charge in [0.05, 0.1) is 16.3 Å². The zero-order chi connectivity index (χ0) is 11.7. The quantitative estimate of drug-likeness (QED) is 0.610. The number of non-ortho nitro benzene ring substituents is 1. The molecular formula is C11H11N3O2. The SMILES string of the molecule is C=C1NN(c2cccc([N+](=O)[O-])c2)C=C1C. The minimum absolute atomic E-state index is 0.0721. The number of nitrogens with one attached hydrogen (secondary N) is 1. The summed E-state index contributed by atoms with van der Waals surface area (Å²) in [6, 6.07) is 6.42. The number of nitro groups is 1. The Balaban J connectivity index is 2.32. The van der Waals surface area contributed by atoms with Crippen molar-refractivity contribution in [2.45, 2.75) is 6.92 Å². The van der Waals surface area contributed by atoms with Gasteiger partial charge in [-0.2, -0.15) is 0 Å². The van der Waals surface area contributed by atoms with E-state index in [4.69, 9.17) is 0 Å². The van der Waals surface area contributed by atoms with Crippen LogP contribution in [-0.2, 0) is 0 Å². The number of rotatable bonds is 2. The molecule has 1 aromatic carbocycles. The predicted molar refractivity (Wildman–Crippen MR) is 61.6 cm³/mol. The van der Waals surface area contributed by atoms with Crippen LogP contribution in [0.4, 0.5) is 11.4 Å². The second kappa shape index (κ2) is 3.69. The molecule has 1 heterocycles. The molecule has 1 aliphatic heterocycles. The molecule has 2 rings (SSSR count). The summed E-state index contributed by atoms with van der Waals surface area (Å²) in [5.74, 6) is 0. The molecule has 0 bridgehead atoms. The van der Waals surface area contributed by atoms with Gasteiger partial charge in [-0.25, -0.2) is 0 Å². The Morgan fingerprint density at radius 1 is 1.50 bits per heavy atom. The van der Waals surface area contributed by atoms with E-state index in [1.54, 1.807) is 17.1 Å². The van der Waals surface area contributed by atoms with Gasteiger partial charge >= 0.3 is 0 Å². The number of nitrogens with zero attached hydrogens (tertiary/aromatic N) is 2. The molecule has 0 aliphatic carbocycles. The van der Waals surface area contributed by atoms with Crippen LogP contribution in [0.1, 0.15) is 6.92 Å². The molecule has 16 heavy (non-hydrogen) atoms. The molecule has 5 nitrogen and oxygen atoms in total. The lowest BCUT2D eigenvalue weighted by molar-refractivity contribution is -0.384. The Hall–Kier alpha value is -2.30. The highest BCUT2D eigenvalue weighted by atomic mass is 16.6. The molecule has 0 radical (unpaired) electrons. The summed E-state index contributed by atoms with van der Waals surface area (Å²) in [6.07, 6.45) is 1.85. The highest BCUT2D eigenvalue weighted by Crippen LogP contribution is 2.24. The van der Waals surface area contributed by atoms with Crippen molar-refractivity contribution in [3.63, 3.8) is 0 Å². The van der Waals surface area contributed by atoms with E-state index < -0.39 is 4.92 Å². The lowest BCUT2D eigenvalue weighted by Gasteiger charge is -2.16. The highest BCUT2D eigenvalue weighted by Gasteiger charge is 2.15. The predicted octanol–water partition coefficient (Wildman–Crippen LogP) is 2.34. The van der Waals surface area contributed by atoms with Crippen LogP contribution in [0, 0.1) is 10.1 Å². The van der Waals surface area contributed by atoms with Crippen molar-refractivity contribution in [1.82, 2.24) is 5.43 Å². The van der Waals surface area contributed by atoms with Crippen molar-refractivity contribution in [2.75, 3.05) is 5.01 Å². The van der Waals surface area contributed by atoms with Crippen LogP contribution >= 0.6 is 0 Å². The first-order valence-corrected chi connectivity index (χ1v) is 4.76. The molecule has 1 aromatic rings. The lowest BCUT2D eigenvalue weighted by Crippen LogP contribution is -2.26. The van der Waals surface area contributed by atoms with Crippen LogP contribution in [0.3, 0.4) is 0 Å². The molecule has 82 valence electrons. The number of hydrogen-bond acceptors (Lipinski definition) is 4. The van der Waals surface area contributed by atoms with Crippen LogP contribution in [0.15, 0.2) is 48.3 Å². The van der Waals surface area contributed by atoms with Crippen molar-refractivity contribution in [2.24, 2.45) is 0 Å². The van der Waals surface area contributed by atoms with Crippen LogP contribution < -0.4 is 10.4 Å². The molecule has 0 unspecified atom stereocenters. The number of anilines is 1. The summed E-state index contributed by atoms with van der Waals surface area (Å²) in [5.41, 5.74) is 5.60. The summed E-state index contributed by atoms with van der Waals surface area (Å²) < 4.78 is 0. The Kier molecular flexibility index (Phi) is 2.36. The minimum Gasteiger partial charge on any atom is -0.295 e. The average Bonchev–Trinajstić information content (AvgIpc) is 2.59. The van der Waals surface area contributed by atoms with E-state index in [1.807, 2.05) is 13.1 Å². The number of hydrazine groups is 1. The van der Waals surface area contributed by atoms with Crippen LogP contribution in [0.5, 0.6) is 0 Å². The first-order valence-electron chi connectivity index (χ1n) is 4.76. The maximum Gasteiger partial charge on any atom is 0.271 e. The van der Waals surface area contributed by atoms with Crippen molar-refractivity contribution in [3.05, 3.63) is 58.4 Å². The second-order valence-corrected chi connectivity index (χ2v) is 3.55. The van der Waals surface area contributed by atoms with Crippen LogP contribution in [0.2, 0.25) is 0 Å². The van der Waals surface area contributed by atoms with Gasteiger partial charge in [0.1, 0.15) is 0 Å². The first-order chi connectivity index (χ1) is 7.58. The summed E-state index contributed by atoms with van der Waals surface area (Å²) in [7, 11) is 0. The Morgan fingerprint density at radius 2 is 2.25 bits per heavy atom. The van der Waals surface area contributed by atoms with Crippen LogP contribution in [-0.4, -0.2) is 4.92 Å². The minimum atomic E-state index is -0.412. The largest absolute Gasteiger partial charge is 0.295 e. The number of benzene rings is 1. The average molecular weight is 217 g/mol. The molecule has 0 saturated carbocycles. The van der Waals surface area contributed by atoms with Gasteiger partial charge in [-0.1, -0.05) is 12.6 Å². The van der Waals surface area contributed by atoms with E-state index in [0.717, 1.165) is 11.3 Å². The molecule has 0 fully saturated rings. The molecule has 5 heteroatoms. The Bertz CT molecular complexity index is 494. The van der Waals surface area contributed by atoms with Crippen LogP contribution in [0.25, 0.3) is 0 Å². The van der Waals surface area contributed by atoms with Gasteiger partial charge in [0.25, 0.3) is 5.69 Å². The zero-order valence-electron chi connectivity index (χ0n) is 8.80. The van der Waals surface area contributed by atoms with Crippen molar-refractivity contribution < 1.29 is 4.92 Å². The van der Waals surface area contributed by atoms with E-state index in [1.165, 1.54) is 12.1 Å². The van der Waals surface area contributed by atoms with Gasteiger partial charge < -0.3 is 0 Å². The molecule has 0 amide bonds. The fraction of sp³-hybridized carbons (Fsp3) is 0.0909.